The van der Waals surface area contributed by atoms with Gasteiger partial charge in [0.2, 0.25) is 0 Å². The minimum Gasteiger partial charge on any atom is -0.325 e. The Morgan fingerprint density at radius 3 is 2.23 bits per heavy atom. The molecule has 2 N–H and O–H groups in total. The average molecular weight is 204 g/mol. The Hall–Kier alpha value is -0.130. The topological polar surface area (TPSA) is 63.4 Å². The first-order valence-electron chi connectivity index (χ1n) is 4.78. The summed E-state index contributed by atoms with van der Waals surface area (Å²) in [5.74, 6) is 0.447. The number of rotatable bonds is 1. The fourth-order valence-corrected chi connectivity index (χ4v) is 4.23. The molecule has 4 nitrogen and oxygen atoms in total. The molecule has 0 aliphatic carbocycles. The van der Waals surface area contributed by atoms with Crippen molar-refractivity contribution in [3.63, 3.8) is 0 Å². The van der Waals surface area contributed by atoms with Gasteiger partial charge in [0, 0.05) is 12.1 Å². The highest BCUT2D eigenvalue weighted by molar-refractivity contribution is 7.91. The Kier molecular flexibility index (Phi) is 2.33. The largest absolute Gasteiger partial charge is 0.325 e. The molecule has 2 heterocycles. The summed E-state index contributed by atoms with van der Waals surface area (Å²) in [5.41, 5.74) is 5.81. The normalized spacial score (nSPS) is 39.8. The van der Waals surface area contributed by atoms with Crippen LogP contribution in [0, 0.1) is 0 Å². The molecule has 2 aliphatic rings. The predicted molar refractivity (Wildman–Crippen MR) is 51.2 cm³/mol. The zero-order valence-electron chi connectivity index (χ0n) is 7.65. The molecule has 0 amide bonds. The monoisotopic (exact) mass is 204 g/mol. The third kappa shape index (κ3) is 1.87. The van der Waals surface area contributed by atoms with Gasteiger partial charge < -0.3 is 5.73 Å². The summed E-state index contributed by atoms with van der Waals surface area (Å²) in [6, 6.07) is -0.0735. The van der Waals surface area contributed by atoms with Crippen molar-refractivity contribution in [2.45, 2.75) is 24.9 Å². The third-order valence-corrected chi connectivity index (χ3v) is 4.72. The third-order valence-electron chi connectivity index (χ3n) is 2.97. The first-order valence-corrected chi connectivity index (χ1v) is 6.61. The van der Waals surface area contributed by atoms with E-state index < -0.39 is 9.84 Å². The average Bonchev–Trinajstić information content (AvgIpc) is 2.56. The highest BCUT2D eigenvalue weighted by Crippen LogP contribution is 2.21. The fourth-order valence-electron chi connectivity index (χ4n) is 2.31. The molecule has 0 radical (unpaired) electrons. The fraction of sp³-hybridized carbons (Fsp3) is 1.00. The second-order valence-corrected chi connectivity index (χ2v) is 6.20. The van der Waals surface area contributed by atoms with Gasteiger partial charge in [-0.1, -0.05) is 0 Å². The highest BCUT2D eigenvalue weighted by Gasteiger charge is 2.39. The highest BCUT2D eigenvalue weighted by atomic mass is 32.2. The van der Waals surface area contributed by atoms with Crippen LogP contribution in [0.5, 0.6) is 0 Å². The van der Waals surface area contributed by atoms with Gasteiger partial charge in [-0.3, -0.25) is 4.90 Å². The molecule has 0 saturated carbocycles. The lowest BCUT2D eigenvalue weighted by Gasteiger charge is -2.25. The van der Waals surface area contributed by atoms with E-state index in [1.165, 1.54) is 12.8 Å². The van der Waals surface area contributed by atoms with Gasteiger partial charge in [0.15, 0.2) is 9.84 Å². The van der Waals surface area contributed by atoms with E-state index in [4.69, 9.17) is 5.73 Å². The molecule has 0 bridgehead atoms. The second-order valence-electron chi connectivity index (χ2n) is 4.05. The summed E-state index contributed by atoms with van der Waals surface area (Å²) < 4.78 is 22.6. The first kappa shape index (κ1) is 9.43. The molecule has 2 aliphatic heterocycles. The molecule has 2 fully saturated rings. The molecule has 2 saturated heterocycles. The van der Waals surface area contributed by atoms with Gasteiger partial charge in [0.25, 0.3) is 0 Å². The molecule has 76 valence electrons. The van der Waals surface area contributed by atoms with E-state index in [1.54, 1.807) is 0 Å². The molecular formula is C8H16N2O2S. The standard InChI is InChI=1S/C8H16N2O2S/c9-7-5-13(11,12)6-8(7)10-3-1-2-4-10/h7-8H,1-6,9H2/t7-,8+/m1/s1. The molecule has 0 aromatic heterocycles. The molecule has 0 aromatic carbocycles. The zero-order valence-corrected chi connectivity index (χ0v) is 8.46. The van der Waals surface area contributed by atoms with Gasteiger partial charge >= 0.3 is 0 Å². The van der Waals surface area contributed by atoms with Crippen LogP contribution in [0.1, 0.15) is 12.8 Å². The quantitative estimate of drug-likeness (QED) is 0.608. The minimum atomic E-state index is -2.85. The molecule has 2 atom stereocenters. The van der Waals surface area contributed by atoms with Gasteiger partial charge in [0.05, 0.1) is 11.5 Å². The number of sulfone groups is 1. The van der Waals surface area contributed by atoms with Crippen LogP contribution in [0.25, 0.3) is 0 Å². The van der Waals surface area contributed by atoms with Crippen molar-refractivity contribution in [2.75, 3.05) is 24.6 Å². The van der Waals surface area contributed by atoms with E-state index in [0.717, 1.165) is 13.1 Å². The van der Waals surface area contributed by atoms with E-state index in [-0.39, 0.29) is 23.6 Å². The van der Waals surface area contributed by atoms with Crippen molar-refractivity contribution < 1.29 is 8.42 Å². The SMILES string of the molecule is N[C@@H]1CS(=O)(=O)C[C@@H]1N1CCCC1. The van der Waals surface area contributed by atoms with Crippen LogP contribution in [-0.2, 0) is 9.84 Å². The Morgan fingerprint density at radius 1 is 1.15 bits per heavy atom. The van der Waals surface area contributed by atoms with Crippen molar-refractivity contribution in [1.29, 1.82) is 0 Å². The molecule has 5 heteroatoms. The molecule has 0 unspecified atom stereocenters. The molecular weight excluding hydrogens is 188 g/mol. The number of likely N-dealkylation sites (tertiary alicyclic amines) is 1. The number of hydrogen-bond acceptors (Lipinski definition) is 4. The van der Waals surface area contributed by atoms with Gasteiger partial charge in [-0.25, -0.2) is 8.42 Å². The minimum absolute atomic E-state index is 0.0903. The Balaban J connectivity index is 2.08. The van der Waals surface area contributed by atoms with Gasteiger partial charge in [0.1, 0.15) is 0 Å². The maximum atomic E-state index is 11.3. The molecule has 0 aromatic rings. The lowest BCUT2D eigenvalue weighted by atomic mass is 10.1. The van der Waals surface area contributed by atoms with Gasteiger partial charge in [-0.05, 0) is 25.9 Å². The maximum absolute atomic E-state index is 11.3. The van der Waals surface area contributed by atoms with Gasteiger partial charge in [-0.15, -0.1) is 0 Å². The van der Waals surface area contributed by atoms with Crippen molar-refractivity contribution in [3.8, 4) is 0 Å². The van der Waals surface area contributed by atoms with Crippen LogP contribution >= 0.6 is 0 Å². The molecule has 13 heavy (non-hydrogen) atoms. The summed E-state index contributed by atoms with van der Waals surface area (Å²) >= 11 is 0. The first-order chi connectivity index (χ1) is 6.08. The van der Waals surface area contributed by atoms with E-state index in [2.05, 4.69) is 4.90 Å². The Bertz CT molecular complexity index is 283. The summed E-state index contributed by atoms with van der Waals surface area (Å²) in [4.78, 5) is 2.23. The van der Waals surface area contributed by atoms with E-state index in [0.29, 0.717) is 0 Å². The van der Waals surface area contributed by atoms with Gasteiger partial charge in [-0.2, -0.15) is 0 Å². The van der Waals surface area contributed by atoms with E-state index >= 15 is 0 Å². The van der Waals surface area contributed by atoms with Crippen molar-refractivity contribution in [1.82, 2.24) is 4.90 Å². The van der Waals surface area contributed by atoms with Crippen molar-refractivity contribution in [2.24, 2.45) is 5.73 Å². The Labute approximate surface area is 79.0 Å². The number of nitrogens with zero attached hydrogens (tertiary/aromatic N) is 1. The van der Waals surface area contributed by atoms with Crippen LogP contribution in [0.15, 0.2) is 0 Å². The summed E-state index contributed by atoms with van der Waals surface area (Å²) in [6.45, 7) is 2.04. The molecule has 0 spiro atoms. The van der Waals surface area contributed by atoms with Crippen LogP contribution in [0.2, 0.25) is 0 Å². The lowest BCUT2D eigenvalue weighted by Crippen LogP contribution is -2.45. The second kappa shape index (κ2) is 3.22. The van der Waals surface area contributed by atoms with Crippen LogP contribution in [-0.4, -0.2) is 50.0 Å². The maximum Gasteiger partial charge on any atom is 0.153 e. The van der Waals surface area contributed by atoms with Crippen LogP contribution in [0.3, 0.4) is 0 Å². The van der Waals surface area contributed by atoms with Crippen molar-refractivity contribution >= 4 is 9.84 Å². The summed E-state index contributed by atoms with van der Waals surface area (Å²) in [7, 11) is -2.85. The zero-order chi connectivity index (χ0) is 9.47. The predicted octanol–water partition coefficient (Wildman–Crippen LogP) is -0.793. The van der Waals surface area contributed by atoms with Crippen LogP contribution < -0.4 is 5.73 Å². The smallest absolute Gasteiger partial charge is 0.153 e. The van der Waals surface area contributed by atoms with Crippen molar-refractivity contribution in [3.05, 3.63) is 0 Å². The number of nitrogens with two attached hydrogens (primary N) is 1. The van der Waals surface area contributed by atoms with Crippen LogP contribution in [0.4, 0.5) is 0 Å². The summed E-state index contributed by atoms with van der Waals surface area (Å²) in [6.07, 6.45) is 2.37. The lowest BCUT2D eigenvalue weighted by molar-refractivity contribution is 0.245. The van der Waals surface area contributed by atoms with E-state index in [9.17, 15) is 8.42 Å². The van der Waals surface area contributed by atoms with E-state index in [1.807, 2.05) is 0 Å². The Morgan fingerprint density at radius 2 is 1.77 bits per heavy atom. The number of hydrogen-bond donors (Lipinski definition) is 1. The molecule has 2 rings (SSSR count). The summed E-state index contributed by atoms with van der Waals surface area (Å²) in [5, 5.41) is 0.